The van der Waals surface area contributed by atoms with E-state index in [-0.39, 0.29) is 0 Å². The van der Waals surface area contributed by atoms with Crippen LogP contribution in [0.2, 0.25) is 0 Å². The Balaban J connectivity index is 1.75. The zero-order valence-corrected chi connectivity index (χ0v) is 9.32. The number of hydrogen-bond acceptors (Lipinski definition) is 4. The molecule has 0 unspecified atom stereocenters. The van der Waals surface area contributed by atoms with Gasteiger partial charge < -0.3 is 14.9 Å². The van der Waals surface area contributed by atoms with Gasteiger partial charge >= 0.3 is 0 Å². The van der Waals surface area contributed by atoms with Gasteiger partial charge in [-0.25, -0.2) is 4.98 Å². The highest BCUT2D eigenvalue weighted by atomic mass is 16.5. The van der Waals surface area contributed by atoms with Crippen molar-refractivity contribution in [3.05, 3.63) is 17.3 Å². The smallest absolute Gasteiger partial charge is 0.220 e. The van der Waals surface area contributed by atoms with Gasteiger partial charge in [0, 0.05) is 0 Å². The number of hydrogen-bond donors (Lipinski definition) is 1. The second-order valence-corrected chi connectivity index (χ2v) is 4.26. The van der Waals surface area contributed by atoms with E-state index in [9.17, 15) is 0 Å². The molecule has 1 saturated carbocycles. The van der Waals surface area contributed by atoms with E-state index in [0.29, 0.717) is 24.5 Å². The van der Waals surface area contributed by atoms with Gasteiger partial charge in [0.2, 0.25) is 5.89 Å². The molecule has 15 heavy (non-hydrogen) atoms. The van der Waals surface area contributed by atoms with Crippen LogP contribution in [0.3, 0.4) is 0 Å². The molecule has 0 atom stereocenters. The van der Waals surface area contributed by atoms with Gasteiger partial charge in [-0.05, 0) is 39.2 Å². The van der Waals surface area contributed by atoms with Crippen LogP contribution in [0, 0.1) is 19.8 Å². The monoisotopic (exact) mass is 210 g/mol. The Hall–Kier alpha value is -0.870. The van der Waals surface area contributed by atoms with Crippen LogP contribution in [-0.2, 0) is 11.3 Å². The number of oxazole rings is 1. The van der Waals surface area contributed by atoms with Crippen molar-refractivity contribution < 1.29 is 9.15 Å². The molecule has 2 N–H and O–H groups in total. The standard InChI is InChI=1S/C11H18N2O2/c1-7-8(2)15-11(13-7)6-14-10-3-9(4-10)5-12/h9-10H,3-6,12H2,1-2H3. The highest BCUT2D eigenvalue weighted by Gasteiger charge is 2.28. The van der Waals surface area contributed by atoms with Gasteiger partial charge in [-0.2, -0.15) is 0 Å². The molecule has 1 fully saturated rings. The molecule has 1 heterocycles. The van der Waals surface area contributed by atoms with Crippen molar-refractivity contribution in [1.82, 2.24) is 4.98 Å². The van der Waals surface area contributed by atoms with Crippen LogP contribution < -0.4 is 5.73 Å². The molecule has 0 amide bonds. The first-order chi connectivity index (χ1) is 7.19. The van der Waals surface area contributed by atoms with Crippen molar-refractivity contribution >= 4 is 0 Å². The van der Waals surface area contributed by atoms with E-state index in [1.54, 1.807) is 0 Å². The number of ether oxygens (including phenoxy) is 1. The maximum absolute atomic E-state index is 5.65. The fraction of sp³-hybridized carbons (Fsp3) is 0.727. The predicted molar refractivity (Wildman–Crippen MR) is 56.3 cm³/mol. The topological polar surface area (TPSA) is 61.3 Å². The van der Waals surface area contributed by atoms with Crippen LogP contribution in [0.4, 0.5) is 0 Å². The van der Waals surface area contributed by atoms with E-state index in [1.165, 1.54) is 0 Å². The zero-order valence-electron chi connectivity index (χ0n) is 9.32. The van der Waals surface area contributed by atoms with E-state index in [0.717, 1.165) is 30.8 Å². The van der Waals surface area contributed by atoms with Crippen molar-refractivity contribution in [3.8, 4) is 0 Å². The van der Waals surface area contributed by atoms with Crippen molar-refractivity contribution in [2.24, 2.45) is 11.7 Å². The number of aromatic nitrogens is 1. The zero-order chi connectivity index (χ0) is 10.8. The number of aryl methyl sites for hydroxylation is 2. The fourth-order valence-electron chi connectivity index (χ4n) is 1.79. The lowest BCUT2D eigenvalue weighted by Crippen LogP contribution is -2.35. The molecule has 2 rings (SSSR count). The molecule has 1 aliphatic carbocycles. The largest absolute Gasteiger partial charge is 0.443 e. The average Bonchev–Trinajstić information content (AvgIpc) is 2.44. The second-order valence-electron chi connectivity index (χ2n) is 4.26. The Morgan fingerprint density at radius 2 is 2.20 bits per heavy atom. The summed E-state index contributed by atoms with van der Waals surface area (Å²) in [5.74, 6) is 2.21. The highest BCUT2D eigenvalue weighted by Crippen LogP contribution is 2.29. The van der Waals surface area contributed by atoms with Crippen molar-refractivity contribution in [2.75, 3.05) is 6.54 Å². The Labute approximate surface area is 89.8 Å². The molecule has 0 spiro atoms. The van der Waals surface area contributed by atoms with Gasteiger partial charge in [0.1, 0.15) is 12.4 Å². The Bertz CT molecular complexity index is 310. The minimum Gasteiger partial charge on any atom is -0.443 e. The van der Waals surface area contributed by atoms with Crippen molar-refractivity contribution in [2.45, 2.75) is 39.4 Å². The summed E-state index contributed by atoms with van der Waals surface area (Å²) in [6.45, 7) is 5.11. The molecule has 4 heteroatoms. The summed E-state index contributed by atoms with van der Waals surface area (Å²) < 4.78 is 11.1. The molecule has 0 radical (unpaired) electrons. The van der Waals surface area contributed by atoms with E-state index >= 15 is 0 Å². The number of rotatable bonds is 4. The van der Waals surface area contributed by atoms with Crippen molar-refractivity contribution in [3.63, 3.8) is 0 Å². The van der Waals surface area contributed by atoms with Crippen LogP contribution >= 0.6 is 0 Å². The minimum absolute atomic E-state index is 0.353. The summed E-state index contributed by atoms with van der Waals surface area (Å²) in [5, 5.41) is 0. The molecule has 0 aliphatic heterocycles. The molecule has 1 aliphatic rings. The molecular weight excluding hydrogens is 192 g/mol. The average molecular weight is 210 g/mol. The summed E-state index contributed by atoms with van der Waals surface area (Å²) >= 11 is 0. The highest BCUT2D eigenvalue weighted by molar-refractivity contribution is 5.04. The Morgan fingerprint density at radius 3 is 2.73 bits per heavy atom. The van der Waals surface area contributed by atoms with Gasteiger partial charge in [0.05, 0.1) is 11.8 Å². The Morgan fingerprint density at radius 1 is 1.47 bits per heavy atom. The third-order valence-corrected chi connectivity index (χ3v) is 3.04. The first-order valence-electron chi connectivity index (χ1n) is 5.43. The molecule has 1 aromatic heterocycles. The Kier molecular flexibility index (Phi) is 3.07. The number of nitrogens with two attached hydrogens (primary N) is 1. The first-order valence-corrected chi connectivity index (χ1v) is 5.43. The second kappa shape index (κ2) is 4.33. The molecule has 1 aromatic rings. The van der Waals surface area contributed by atoms with E-state index in [1.807, 2.05) is 13.8 Å². The predicted octanol–water partition coefficient (Wildman–Crippen LogP) is 1.55. The van der Waals surface area contributed by atoms with Crippen molar-refractivity contribution in [1.29, 1.82) is 0 Å². The quantitative estimate of drug-likeness (QED) is 0.819. The van der Waals surface area contributed by atoms with Gasteiger partial charge in [-0.15, -0.1) is 0 Å². The summed E-state index contributed by atoms with van der Waals surface area (Å²) in [7, 11) is 0. The lowest BCUT2D eigenvalue weighted by atomic mass is 9.82. The van der Waals surface area contributed by atoms with Crippen LogP contribution in [0.5, 0.6) is 0 Å². The van der Waals surface area contributed by atoms with Gasteiger partial charge in [0.25, 0.3) is 0 Å². The van der Waals surface area contributed by atoms with Gasteiger partial charge in [-0.3, -0.25) is 0 Å². The van der Waals surface area contributed by atoms with Gasteiger partial charge in [0.15, 0.2) is 0 Å². The normalized spacial score (nSPS) is 25.3. The summed E-state index contributed by atoms with van der Waals surface area (Å²) in [6.07, 6.45) is 2.51. The third-order valence-electron chi connectivity index (χ3n) is 3.04. The van der Waals surface area contributed by atoms with Gasteiger partial charge in [-0.1, -0.05) is 0 Å². The SMILES string of the molecule is Cc1nc(COC2CC(CN)C2)oc1C. The van der Waals surface area contributed by atoms with E-state index < -0.39 is 0 Å². The maximum atomic E-state index is 5.65. The first kappa shape index (κ1) is 10.6. The van der Waals surface area contributed by atoms with Crippen LogP contribution in [0.15, 0.2) is 4.42 Å². The lowest BCUT2D eigenvalue weighted by Gasteiger charge is -2.33. The molecule has 0 bridgehead atoms. The minimum atomic E-state index is 0.353. The van der Waals surface area contributed by atoms with Crippen LogP contribution in [0.25, 0.3) is 0 Å². The summed E-state index contributed by atoms with van der Waals surface area (Å²) in [5.41, 5.74) is 6.49. The third kappa shape index (κ3) is 2.38. The van der Waals surface area contributed by atoms with Crippen LogP contribution in [-0.4, -0.2) is 17.6 Å². The maximum Gasteiger partial charge on any atom is 0.220 e. The van der Waals surface area contributed by atoms with E-state index in [2.05, 4.69) is 4.98 Å². The molecule has 0 aromatic carbocycles. The van der Waals surface area contributed by atoms with Crippen LogP contribution in [0.1, 0.15) is 30.2 Å². The molecule has 0 saturated heterocycles. The lowest BCUT2D eigenvalue weighted by molar-refractivity contribution is -0.0448. The number of nitrogens with zero attached hydrogens (tertiary/aromatic N) is 1. The summed E-state index contributed by atoms with van der Waals surface area (Å²) in [6, 6.07) is 0. The molecule has 84 valence electrons. The van der Waals surface area contributed by atoms with E-state index in [4.69, 9.17) is 14.9 Å². The summed E-state index contributed by atoms with van der Waals surface area (Å²) in [4.78, 5) is 4.26. The molecule has 4 nitrogen and oxygen atoms in total. The molecular formula is C11H18N2O2. The fourth-order valence-corrected chi connectivity index (χ4v) is 1.79.